The second-order valence-electron chi connectivity index (χ2n) is 7.58. The number of aryl methyl sites for hydroxylation is 1. The van der Waals surface area contributed by atoms with E-state index in [1.54, 1.807) is 30.3 Å². The minimum absolute atomic E-state index is 0.0603. The molecule has 0 radical (unpaired) electrons. The lowest BCUT2D eigenvalue weighted by molar-refractivity contribution is 0.0592. The molecule has 32 heavy (non-hydrogen) atoms. The van der Waals surface area contributed by atoms with Crippen LogP contribution in [-0.2, 0) is 15.9 Å². The van der Waals surface area contributed by atoms with Crippen molar-refractivity contribution < 1.29 is 23.9 Å². The van der Waals surface area contributed by atoms with Crippen molar-refractivity contribution >= 4 is 39.3 Å². The van der Waals surface area contributed by atoms with E-state index in [2.05, 4.69) is 0 Å². The van der Waals surface area contributed by atoms with E-state index in [1.165, 1.54) is 14.2 Å². The summed E-state index contributed by atoms with van der Waals surface area (Å²) in [4.78, 5) is 36.2. The van der Waals surface area contributed by atoms with Crippen LogP contribution >= 0.6 is 0 Å². The topological polar surface area (TPSA) is 69.7 Å². The molecule has 160 valence electrons. The van der Waals surface area contributed by atoms with E-state index >= 15 is 0 Å². The maximum absolute atomic E-state index is 12.8. The molecule has 0 saturated heterocycles. The summed E-state index contributed by atoms with van der Waals surface area (Å²) >= 11 is 0. The highest BCUT2D eigenvalue weighted by Gasteiger charge is 2.11. The number of esters is 2. The van der Waals surface area contributed by atoms with E-state index in [1.807, 2.05) is 42.5 Å². The molecule has 4 aromatic carbocycles. The van der Waals surface area contributed by atoms with Crippen molar-refractivity contribution in [1.82, 2.24) is 0 Å². The van der Waals surface area contributed by atoms with Crippen molar-refractivity contribution in [3.63, 3.8) is 0 Å². The largest absolute Gasteiger partial charge is 0.465 e. The first-order chi connectivity index (χ1) is 15.5. The van der Waals surface area contributed by atoms with Gasteiger partial charge < -0.3 is 9.47 Å². The third-order valence-electron chi connectivity index (χ3n) is 5.55. The van der Waals surface area contributed by atoms with Gasteiger partial charge in [0.15, 0.2) is 5.78 Å². The average Bonchev–Trinajstić information content (AvgIpc) is 2.85. The van der Waals surface area contributed by atoms with Crippen molar-refractivity contribution in [2.45, 2.75) is 12.8 Å². The number of carbonyl (C=O) groups is 3. The number of hydrogen-bond acceptors (Lipinski definition) is 5. The molecule has 0 aliphatic carbocycles. The van der Waals surface area contributed by atoms with Crippen molar-refractivity contribution in [2.75, 3.05) is 14.2 Å². The lowest BCUT2D eigenvalue weighted by Gasteiger charge is -2.07. The van der Waals surface area contributed by atoms with Gasteiger partial charge in [0.2, 0.25) is 0 Å². The number of methoxy groups -OCH3 is 2. The molecule has 4 rings (SSSR count). The molecule has 0 aliphatic heterocycles. The summed E-state index contributed by atoms with van der Waals surface area (Å²) in [6.45, 7) is 0. The van der Waals surface area contributed by atoms with Crippen LogP contribution in [0, 0.1) is 0 Å². The van der Waals surface area contributed by atoms with Crippen LogP contribution in [0.5, 0.6) is 0 Å². The zero-order valence-corrected chi connectivity index (χ0v) is 17.9. The first-order valence-corrected chi connectivity index (χ1v) is 10.2. The summed E-state index contributed by atoms with van der Waals surface area (Å²) in [6.07, 6.45) is 1.00. The maximum atomic E-state index is 12.8. The molecule has 0 atom stereocenters. The fourth-order valence-corrected chi connectivity index (χ4v) is 3.76. The van der Waals surface area contributed by atoms with Crippen LogP contribution in [0.25, 0.3) is 21.5 Å². The summed E-state index contributed by atoms with van der Waals surface area (Å²) in [5.74, 6) is -0.687. The summed E-state index contributed by atoms with van der Waals surface area (Å²) in [6, 6.07) is 22.2. The highest BCUT2D eigenvalue weighted by molar-refractivity contribution is 6.02. The predicted molar refractivity (Wildman–Crippen MR) is 123 cm³/mol. The average molecular weight is 426 g/mol. The smallest absolute Gasteiger partial charge is 0.337 e. The Balaban J connectivity index is 1.47. The van der Waals surface area contributed by atoms with Gasteiger partial charge in [0.1, 0.15) is 0 Å². The molecule has 0 bridgehead atoms. The Morgan fingerprint density at radius 3 is 1.56 bits per heavy atom. The fraction of sp³-hybridized carbons (Fsp3) is 0.148. The molecular weight excluding hydrogens is 404 g/mol. The van der Waals surface area contributed by atoms with Gasteiger partial charge >= 0.3 is 11.9 Å². The molecule has 0 N–H and O–H groups in total. The number of ketones is 1. The van der Waals surface area contributed by atoms with Gasteiger partial charge in [0.25, 0.3) is 0 Å². The molecule has 4 aromatic rings. The first kappa shape index (κ1) is 21.2. The maximum Gasteiger partial charge on any atom is 0.337 e. The van der Waals surface area contributed by atoms with E-state index in [9.17, 15) is 14.4 Å². The van der Waals surface area contributed by atoms with E-state index in [0.29, 0.717) is 29.5 Å². The number of Topliss-reactive ketones (excluding diaryl/α,β-unsaturated/α-hetero) is 1. The minimum atomic E-state index is -0.385. The number of hydrogen-bond donors (Lipinski definition) is 0. The van der Waals surface area contributed by atoms with Crippen LogP contribution < -0.4 is 0 Å². The number of rotatable bonds is 6. The van der Waals surface area contributed by atoms with E-state index in [0.717, 1.165) is 27.1 Å². The Hall–Kier alpha value is -3.99. The van der Waals surface area contributed by atoms with Gasteiger partial charge in [-0.1, -0.05) is 42.5 Å². The van der Waals surface area contributed by atoms with Crippen LogP contribution in [0.1, 0.15) is 43.1 Å². The lowest BCUT2D eigenvalue weighted by Crippen LogP contribution is -2.03. The van der Waals surface area contributed by atoms with Gasteiger partial charge in [-0.05, 0) is 63.9 Å². The molecule has 0 amide bonds. The van der Waals surface area contributed by atoms with Crippen LogP contribution in [0.3, 0.4) is 0 Å². The SMILES string of the molecule is COC(=O)c1ccc2cc(CCC(=O)c3ccc4cc(C(=O)OC)ccc4c3)ccc2c1. The zero-order chi connectivity index (χ0) is 22.7. The third kappa shape index (κ3) is 4.37. The van der Waals surface area contributed by atoms with Gasteiger partial charge in [0.05, 0.1) is 25.3 Å². The van der Waals surface area contributed by atoms with Crippen molar-refractivity contribution in [3.8, 4) is 0 Å². The molecule has 0 unspecified atom stereocenters. The zero-order valence-electron chi connectivity index (χ0n) is 17.9. The molecule has 0 saturated carbocycles. The van der Waals surface area contributed by atoms with Crippen molar-refractivity contribution in [3.05, 3.63) is 95.1 Å². The monoisotopic (exact) mass is 426 g/mol. The Morgan fingerprint density at radius 2 is 1.03 bits per heavy atom. The fourth-order valence-electron chi connectivity index (χ4n) is 3.76. The molecule has 0 aliphatic rings. The molecule has 0 fully saturated rings. The van der Waals surface area contributed by atoms with E-state index in [4.69, 9.17) is 9.47 Å². The molecule has 5 nitrogen and oxygen atoms in total. The third-order valence-corrected chi connectivity index (χ3v) is 5.55. The molecule has 0 heterocycles. The second-order valence-corrected chi connectivity index (χ2v) is 7.58. The predicted octanol–water partition coefficient (Wildman–Crippen LogP) is 5.38. The van der Waals surface area contributed by atoms with Crippen molar-refractivity contribution in [2.24, 2.45) is 0 Å². The van der Waals surface area contributed by atoms with Gasteiger partial charge in [0, 0.05) is 12.0 Å². The lowest BCUT2D eigenvalue weighted by atomic mass is 9.97. The van der Waals surface area contributed by atoms with Crippen LogP contribution in [0.15, 0.2) is 72.8 Å². The molecule has 0 aromatic heterocycles. The van der Waals surface area contributed by atoms with Crippen molar-refractivity contribution in [1.29, 1.82) is 0 Å². The number of benzene rings is 4. The molecule has 5 heteroatoms. The highest BCUT2D eigenvalue weighted by Crippen LogP contribution is 2.22. The number of fused-ring (bicyclic) bond motifs is 2. The summed E-state index contributed by atoms with van der Waals surface area (Å²) in [5.41, 5.74) is 2.69. The normalized spacial score (nSPS) is 10.8. The summed E-state index contributed by atoms with van der Waals surface area (Å²) in [7, 11) is 2.71. The highest BCUT2D eigenvalue weighted by atomic mass is 16.5. The Bertz CT molecular complexity index is 1350. The minimum Gasteiger partial charge on any atom is -0.465 e. The van der Waals surface area contributed by atoms with Crippen LogP contribution in [-0.4, -0.2) is 31.9 Å². The first-order valence-electron chi connectivity index (χ1n) is 10.2. The second kappa shape index (κ2) is 9.02. The number of carbonyl (C=O) groups excluding carboxylic acids is 3. The Labute approximate surface area is 185 Å². The Kier molecular flexibility index (Phi) is 5.99. The number of ether oxygens (including phenoxy) is 2. The van der Waals surface area contributed by atoms with E-state index in [-0.39, 0.29) is 17.7 Å². The van der Waals surface area contributed by atoms with Gasteiger partial charge in [-0.2, -0.15) is 0 Å². The van der Waals surface area contributed by atoms with E-state index < -0.39 is 0 Å². The molecular formula is C27H22O5. The van der Waals surface area contributed by atoms with Crippen LogP contribution in [0.2, 0.25) is 0 Å². The quantitative estimate of drug-likeness (QED) is 0.306. The van der Waals surface area contributed by atoms with Gasteiger partial charge in [-0.15, -0.1) is 0 Å². The summed E-state index contributed by atoms with van der Waals surface area (Å²) in [5, 5.41) is 3.74. The summed E-state index contributed by atoms with van der Waals surface area (Å²) < 4.78 is 9.52. The Morgan fingerprint density at radius 1 is 0.594 bits per heavy atom. The van der Waals surface area contributed by atoms with Crippen LogP contribution in [0.4, 0.5) is 0 Å². The standard InChI is InChI=1S/C27H22O5/c1-31-26(29)23-10-7-18-13-17(3-5-19(18)15-23)4-12-25(28)22-9-6-21-16-24(27(30)32-2)11-8-20(21)14-22/h3,5-11,13-16H,4,12H2,1-2H3. The van der Waals surface area contributed by atoms with Gasteiger partial charge in [-0.25, -0.2) is 9.59 Å². The molecule has 0 spiro atoms. The van der Waals surface area contributed by atoms with Gasteiger partial charge in [-0.3, -0.25) is 4.79 Å².